The third-order valence-electron chi connectivity index (χ3n) is 4.03. The molecule has 1 aromatic rings. The molecule has 1 saturated carbocycles. The number of hydrogen-bond donors (Lipinski definition) is 0. The van der Waals surface area contributed by atoms with Crippen molar-refractivity contribution in [2.45, 2.75) is 38.1 Å². The minimum Gasteiger partial charge on any atom is -0.627 e. The van der Waals surface area contributed by atoms with Crippen LogP contribution in [-0.2, 0) is 5.41 Å². The Balaban J connectivity index is 2.20. The number of rotatable bonds is 1. The van der Waals surface area contributed by atoms with Crippen molar-refractivity contribution in [3.63, 3.8) is 0 Å². The Morgan fingerprint density at radius 2 is 2.12 bits per heavy atom. The van der Waals surface area contributed by atoms with Gasteiger partial charge in [-0.1, -0.05) is 19.9 Å². The first kappa shape index (κ1) is 10.8. The van der Waals surface area contributed by atoms with Crippen LogP contribution in [0.2, 0.25) is 0 Å². The summed E-state index contributed by atoms with van der Waals surface area (Å²) in [5.41, 5.74) is 2.48. The van der Waals surface area contributed by atoms with Crippen LogP contribution >= 0.6 is 0 Å². The maximum absolute atomic E-state index is 13.0. The molecule has 1 atom stereocenters. The molecule has 0 radical (unpaired) electrons. The Morgan fingerprint density at radius 3 is 2.71 bits per heavy atom. The van der Waals surface area contributed by atoms with Crippen LogP contribution in [-0.4, -0.2) is 12.6 Å². The Bertz CT molecular complexity index is 526. The zero-order valence-electron chi connectivity index (χ0n) is 10.2. The summed E-state index contributed by atoms with van der Waals surface area (Å²) in [4.78, 5) is 0. The van der Waals surface area contributed by atoms with Crippen LogP contribution in [0.5, 0.6) is 0 Å². The summed E-state index contributed by atoms with van der Waals surface area (Å²) in [5.74, 6) is 0. The van der Waals surface area contributed by atoms with Gasteiger partial charge in [0.15, 0.2) is 0 Å². The predicted octanol–water partition coefficient (Wildman–Crippen LogP) is 2.82. The molecule has 0 bridgehead atoms. The standard InChI is InChI=1S/C14H16N2O/c1-14(2)9-16(17,11-4-5-11)13-7-10(8-15)3-6-12(13)14/h3,6-7,11H,4-5,9H2,1-2H3. The van der Waals surface area contributed by atoms with E-state index in [9.17, 15) is 5.21 Å². The highest BCUT2D eigenvalue weighted by Crippen LogP contribution is 2.50. The highest BCUT2D eigenvalue weighted by Gasteiger charge is 2.51. The van der Waals surface area contributed by atoms with E-state index in [2.05, 4.69) is 19.9 Å². The van der Waals surface area contributed by atoms with E-state index in [0.717, 1.165) is 24.1 Å². The molecule has 0 N–H and O–H groups in total. The summed E-state index contributed by atoms with van der Waals surface area (Å²) in [6.45, 7) is 4.86. The van der Waals surface area contributed by atoms with Crippen molar-refractivity contribution >= 4 is 5.69 Å². The van der Waals surface area contributed by atoms with Gasteiger partial charge < -0.3 is 9.85 Å². The third-order valence-corrected chi connectivity index (χ3v) is 4.03. The molecule has 1 heterocycles. The fourth-order valence-electron chi connectivity index (χ4n) is 3.06. The van der Waals surface area contributed by atoms with Gasteiger partial charge in [0.25, 0.3) is 0 Å². The number of hydrogen-bond acceptors (Lipinski definition) is 2. The summed E-state index contributed by atoms with van der Waals surface area (Å²) in [6, 6.07) is 7.95. The van der Waals surface area contributed by atoms with Gasteiger partial charge in [-0.15, -0.1) is 0 Å². The molecule has 0 amide bonds. The summed E-state index contributed by atoms with van der Waals surface area (Å²) in [7, 11) is 0. The summed E-state index contributed by atoms with van der Waals surface area (Å²) in [5, 5.41) is 22.0. The van der Waals surface area contributed by atoms with E-state index in [0.29, 0.717) is 12.1 Å². The largest absolute Gasteiger partial charge is 0.627 e. The first-order valence-corrected chi connectivity index (χ1v) is 6.11. The molecule has 1 aromatic carbocycles. The zero-order chi connectivity index (χ0) is 12.3. The molecule has 88 valence electrons. The Labute approximate surface area is 101 Å². The van der Waals surface area contributed by atoms with Gasteiger partial charge in [0, 0.05) is 29.9 Å². The van der Waals surface area contributed by atoms with Crippen LogP contribution in [0.15, 0.2) is 18.2 Å². The smallest absolute Gasteiger partial charge is 0.138 e. The normalized spacial score (nSPS) is 29.8. The molecule has 2 aliphatic rings. The molecule has 1 unspecified atom stereocenters. The minimum atomic E-state index is -0.210. The fraction of sp³-hybridized carbons (Fsp3) is 0.500. The van der Waals surface area contributed by atoms with Crippen molar-refractivity contribution in [1.82, 2.24) is 4.65 Å². The molecule has 1 aliphatic heterocycles. The second-order valence-electron chi connectivity index (χ2n) is 5.91. The molecule has 1 aliphatic carbocycles. The molecule has 3 nitrogen and oxygen atoms in total. The van der Waals surface area contributed by atoms with Gasteiger partial charge in [-0.05, 0) is 6.07 Å². The van der Waals surface area contributed by atoms with Crippen molar-refractivity contribution in [3.05, 3.63) is 34.5 Å². The molecule has 0 aromatic heterocycles. The van der Waals surface area contributed by atoms with Crippen LogP contribution in [0.25, 0.3) is 0 Å². The van der Waals surface area contributed by atoms with E-state index in [-0.39, 0.29) is 16.1 Å². The zero-order valence-corrected chi connectivity index (χ0v) is 10.2. The molecule has 3 rings (SSSR count). The lowest BCUT2D eigenvalue weighted by Crippen LogP contribution is -2.46. The average molecular weight is 228 g/mol. The molecular formula is C14H16N2O. The van der Waals surface area contributed by atoms with Gasteiger partial charge in [-0.3, -0.25) is 0 Å². The van der Waals surface area contributed by atoms with Gasteiger partial charge >= 0.3 is 0 Å². The monoisotopic (exact) mass is 228 g/mol. The molecule has 0 spiro atoms. The lowest BCUT2D eigenvalue weighted by Gasteiger charge is -2.40. The van der Waals surface area contributed by atoms with Crippen molar-refractivity contribution in [2.24, 2.45) is 0 Å². The molecule has 17 heavy (non-hydrogen) atoms. The molecule has 3 heteroatoms. The van der Waals surface area contributed by atoms with Crippen LogP contribution < -0.4 is 4.65 Å². The minimum absolute atomic E-state index is 0.0757. The fourth-order valence-corrected chi connectivity index (χ4v) is 3.06. The average Bonchev–Trinajstić information content (AvgIpc) is 3.08. The maximum atomic E-state index is 13.0. The lowest BCUT2D eigenvalue weighted by molar-refractivity contribution is 0.330. The second kappa shape index (κ2) is 3.10. The van der Waals surface area contributed by atoms with E-state index in [1.165, 1.54) is 0 Å². The number of nitriles is 1. The quantitative estimate of drug-likeness (QED) is 0.548. The van der Waals surface area contributed by atoms with Gasteiger partial charge in [0.1, 0.15) is 5.69 Å². The van der Waals surface area contributed by atoms with Gasteiger partial charge in [-0.25, -0.2) is 0 Å². The second-order valence-corrected chi connectivity index (χ2v) is 5.91. The van der Waals surface area contributed by atoms with Crippen molar-refractivity contribution in [3.8, 4) is 6.07 Å². The van der Waals surface area contributed by atoms with Crippen molar-refractivity contribution in [1.29, 1.82) is 5.26 Å². The van der Waals surface area contributed by atoms with E-state index in [1.807, 2.05) is 12.1 Å². The molecule has 1 fully saturated rings. The number of benzene rings is 1. The molecular weight excluding hydrogens is 212 g/mol. The van der Waals surface area contributed by atoms with E-state index in [4.69, 9.17) is 5.26 Å². The van der Waals surface area contributed by atoms with Gasteiger partial charge in [0.05, 0.1) is 24.2 Å². The van der Waals surface area contributed by atoms with Crippen molar-refractivity contribution in [2.75, 3.05) is 6.54 Å². The number of nitrogens with zero attached hydrogens (tertiary/aromatic N) is 2. The summed E-state index contributed by atoms with van der Waals surface area (Å²) >= 11 is 0. The summed E-state index contributed by atoms with van der Waals surface area (Å²) in [6.07, 6.45) is 2.05. The highest BCUT2D eigenvalue weighted by atomic mass is 16.6. The maximum Gasteiger partial charge on any atom is 0.138 e. The topological polar surface area (TPSA) is 46.8 Å². The lowest BCUT2D eigenvalue weighted by atomic mass is 9.86. The van der Waals surface area contributed by atoms with E-state index in [1.54, 1.807) is 6.07 Å². The van der Waals surface area contributed by atoms with E-state index >= 15 is 0 Å². The predicted molar refractivity (Wildman–Crippen MR) is 67.2 cm³/mol. The van der Waals surface area contributed by atoms with Crippen LogP contribution in [0, 0.1) is 16.5 Å². The molecule has 0 saturated heterocycles. The van der Waals surface area contributed by atoms with Crippen molar-refractivity contribution < 1.29 is 0 Å². The number of fused-ring (bicyclic) bond motifs is 1. The number of hydroxylamine groups is 2. The van der Waals surface area contributed by atoms with Crippen LogP contribution in [0.1, 0.15) is 37.8 Å². The Hall–Kier alpha value is -1.37. The Kier molecular flexibility index (Phi) is 1.96. The van der Waals surface area contributed by atoms with Crippen LogP contribution in [0.3, 0.4) is 0 Å². The third kappa shape index (κ3) is 1.41. The Morgan fingerprint density at radius 1 is 1.41 bits per heavy atom. The summed E-state index contributed by atoms with van der Waals surface area (Å²) < 4.78 is -0.210. The van der Waals surface area contributed by atoms with E-state index < -0.39 is 0 Å². The number of quaternary nitrogens is 1. The van der Waals surface area contributed by atoms with Gasteiger partial charge in [-0.2, -0.15) is 5.26 Å². The van der Waals surface area contributed by atoms with Gasteiger partial charge in [0.2, 0.25) is 0 Å². The van der Waals surface area contributed by atoms with Crippen LogP contribution in [0.4, 0.5) is 5.69 Å². The highest BCUT2D eigenvalue weighted by molar-refractivity contribution is 5.63. The SMILES string of the molecule is CC1(C)C[N+]([O-])(C2CC2)c2cc(C#N)ccc21. The first-order valence-electron chi connectivity index (χ1n) is 6.11. The first-order chi connectivity index (χ1) is 7.97.